The number of methoxy groups -OCH3 is 3. The summed E-state index contributed by atoms with van der Waals surface area (Å²) in [6.45, 7) is 3.10. The molecule has 0 saturated carbocycles. The van der Waals surface area contributed by atoms with Gasteiger partial charge in [-0.25, -0.2) is 10.9 Å². The van der Waals surface area contributed by atoms with Crippen LogP contribution in [0.2, 0.25) is 0 Å². The van der Waals surface area contributed by atoms with Crippen LogP contribution in [0.3, 0.4) is 0 Å². The predicted octanol–water partition coefficient (Wildman–Crippen LogP) is 3.94. The number of hydrazine groups is 1. The minimum atomic E-state index is -0.737. The quantitative estimate of drug-likeness (QED) is 0.187. The van der Waals surface area contributed by atoms with Crippen molar-refractivity contribution in [1.82, 2.24) is 15.9 Å². The minimum absolute atomic E-state index is 0.286. The van der Waals surface area contributed by atoms with Crippen molar-refractivity contribution in [2.75, 3.05) is 41.7 Å². The molecule has 0 aromatic heterocycles. The lowest BCUT2D eigenvalue weighted by Crippen LogP contribution is -2.52. The van der Waals surface area contributed by atoms with Crippen molar-refractivity contribution < 1.29 is 19.0 Å². The van der Waals surface area contributed by atoms with Crippen molar-refractivity contribution in [2.45, 2.75) is 12.5 Å². The summed E-state index contributed by atoms with van der Waals surface area (Å²) < 4.78 is 16.2. The molecule has 0 saturated heterocycles. The lowest BCUT2D eigenvalue weighted by atomic mass is 9.77. The predicted molar refractivity (Wildman–Crippen MR) is 129 cm³/mol. The van der Waals surface area contributed by atoms with Gasteiger partial charge in [0.05, 0.1) is 21.3 Å². The molecule has 3 aromatic carbocycles. The Balaban J connectivity index is 2.12. The van der Waals surface area contributed by atoms with E-state index in [-0.39, 0.29) is 6.73 Å². The lowest BCUT2D eigenvalue weighted by Gasteiger charge is -2.37. The van der Waals surface area contributed by atoms with E-state index < -0.39 is 5.54 Å². The van der Waals surface area contributed by atoms with Crippen LogP contribution >= 0.6 is 0 Å². The van der Waals surface area contributed by atoms with Gasteiger partial charge in [0.15, 0.2) is 0 Å². The normalized spacial score (nSPS) is 11.5. The maximum Gasteiger partial charge on any atom is 0.131 e. The monoisotopic (exact) mass is 451 g/mol. The Hall–Kier alpha value is -3.10. The van der Waals surface area contributed by atoms with Crippen LogP contribution in [0.4, 0.5) is 0 Å². The van der Waals surface area contributed by atoms with Gasteiger partial charge in [0, 0.05) is 13.6 Å². The smallest absolute Gasteiger partial charge is 0.131 e. The maximum atomic E-state index is 5.70. The summed E-state index contributed by atoms with van der Waals surface area (Å²) in [5, 5.41) is 1.77. The minimum Gasteiger partial charge on any atom is -0.497 e. The zero-order valence-electron chi connectivity index (χ0n) is 19.9. The second-order valence-electron chi connectivity index (χ2n) is 7.45. The van der Waals surface area contributed by atoms with Crippen LogP contribution in [-0.2, 0) is 10.4 Å². The number of hydrogen-bond acceptors (Lipinski definition) is 7. The summed E-state index contributed by atoms with van der Waals surface area (Å²) in [7, 11) is 6.88. The van der Waals surface area contributed by atoms with E-state index in [1.165, 1.54) is 0 Å². The number of hydrogen-bond donors (Lipinski definition) is 2. The molecule has 176 valence electrons. The number of rotatable bonds is 12. The van der Waals surface area contributed by atoms with E-state index in [4.69, 9.17) is 19.0 Å². The van der Waals surface area contributed by atoms with E-state index in [1.807, 2.05) is 50.4 Å². The topological polar surface area (TPSA) is 64.2 Å². The fourth-order valence-electron chi connectivity index (χ4n) is 3.64. The van der Waals surface area contributed by atoms with Crippen molar-refractivity contribution in [3.05, 3.63) is 89.5 Å². The largest absolute Gasteiger partial charge is 0.497 e. The summed E-state index contributed by atoms with van der Waals surface area (Å²) in [6.07, 6.45) is 0. The first-order valence-electron chi connectivity index (χ1n) is 10.8. The van der Waals surface area contributed by atoms with Gasteiger partial charge in [-0.2, -0.15) is 5.06 Å². The van der Waals surface area contributed by atoms with Gasteiger partial charge in [-0.1, -0.05) is 43.3 Å². The van der Waals surface area contributed by atoms with E-state index in [0.717, 1.165) is 40.5 Å². The Morgan fingerprint density at radius 2 is 1.03 bits per heavy atom. The van der Waals surface area contributed by atoms with Gasteiger partial charge >= 0.3 is 0 Å². The molecule has 7 heteroatoms. The number of nitrogens with zero attached hydrogens (tertiary/aromatic N) is 1. The van der Waals surface area contributed by atoms with Crippen LogP contribution in [-0.4, -0.2) is 46.7 Å². The number of ether oxygens (including phenoxy) is 3. The SMILES string of the molecule is CCN(C)OCNNC(c1ccc(OC)cc1)(c1ccc(OC)cc1)c1ccc(OC)cc1. The van der Waals surface area contributed by atoms with E-state index in [1.54, 1.807) is 26.4 Å². The molecule has 0 bridgehead atoms. The van der Waals surface area contributed by atoms with Crippen molar-refractivity contribution in [1.29, 1.82) is 0 Å². The number of nitrogens with one attached hydrogen (secondary N) is 2. The summed E-state index contributed by atoms with van der Waals surface area (Å²) in [4.78, 5) is 5.70. The van der Waals surface area contributed by atoms with E-state index in [2.05, 4.69) is 47.2 Å². The fourth-order valence-corrected chi connectivity index (χ4v) is 3.64. The van der Waals surface area contributed by atoms with Gasteiger partial charge in [-0.15, -0.1) is 0 Å². The van der Waals surface area contributed by atoms with E-state index >= 15 is 0 Å². The molecular formula is C26H33N3O4. The zero-order chi connectivity index (χ0) is 23.7. The van der Waals surface area contributed by atoms with Gasteiger partial charge < -0.3 is 14.2 Å². The Labute approximate surface area is 196 Å². The number of hydroxylamine groups is 2. The molecule has 0 aliphatic heterocycles. The fraction of sp³-hybridized carbons (Fsp3) is 0.308. The molecule has 33 heavy (non-hydrogen) atoms. The van der Waals surface area contributed by atoms with Gasteiger partial charge in [-0.05, 0) is 53.1 Å². The molecule has 0 radical (unpaired) electrons. The van der Waals surface area contributed by atoms with Gasteiger partial charge in [0.1, 0.15) is 29.5 Å². The van der Waals surface area contributed by atoms with Gasteiger partial charge in [0.25, 0.3) is 0 Å². The highest BCUT2D eigenvalue weighted by Crippen LogP contribution is 2.38. The standard InChI is InChI=1S/C26H33N3O4/c1-6-29(2)33-19-27-28-26(20-7-13-23(30-3)14-8-20,21-9-15-24(31-4)16-10-21)22-11-17-25(32-5)18-12-22/h7-18,27-28H,6,19H2,1-5H3. The van der Waals surface area contributed by atoms with Crippen molar-refractivity contribution in [3.63, 3.8) is 0 Å². The second kappa shape index (κ2) is 11.7. The maximum absolute atomic E-state index is 5.70. The molecule has 0 unspecified atom stereocenters. The summed E-state index contributed by atoms with van der Waals surface area (Å²) in [5.74, 6) is 2.37. The third-order valence-corrected chi connectivity index (χ3v) is 5.65. The Kier molecular flexibility index (Phi) is 8.68. The van der Waals surface area contributed by atoms with Crippen LogP contribution < -0.4 is 25.1 Å². The molecule has 0 amide bonds. The van der Waals surface area contributed by atoms with Crippen LogP contribution in [0, 0.1) is 0 Å². The average molecular weight is 452 g/mol. The molecular weight excluding hydrogens is 418 g/mol. The summed E-state index contributed by atoms with van der Waals surface area (Å²) in [5.41, 5.74) is 9.15. The molecule has 2 N–H and O–H groups in total. The Morgan fingerprint density at radius 1 is 0.667 bits per heavy atom. The van der Waals surface area contributed by atoms with Crippen molar-refractivity contribution in [3.8, 4) is 17.2 Å². The molecule has 0 spiro atoms. The Morgan fingerprint density at radius 3 is 1.33 bits per heavy atom. The van der Waals surface area contributed by atoms with Crippen molar-refractivity contribution >= 4 is 0 Å². The van der Waals surface area contributed by atoms with Gasteiger partial charge in [-0.3, -0.25) is 4.84 Å². The highest BCUT2D eigenvalue weighted by Gasteiger charge is 2.36. The van der Waals surface area contributed by atoms with Crippen LogP contribution in [0.15, 0.2) is 72.8 Å². The third-order valence-electron chi connectivity index (χ3n) is 5.65. The average Bonchev–Trinajstić information content (AvgIpc) is 2.89. The highest BCUT2D eigenvalue weighted by molar-refractivity contribution is 5.52. The van der Waals surface area contributed by atoms with Crippen molar-refractivity contribution in [2.24, 2.45) is 0 Å². The lowest BCUT2D eigenvalue weighted by molar-refractivity contribution is -0.146. The number of benzene rings is 3. The summed E-state index contributed by atoms with van der Waals surface area (Å²) in [6, 6.07) is 24.1. The zero-order valence-corrected chi connectivity index (χ0v) is 19.9. The third kappa shape index (κ3) is 5.64. The van der Waals surface area contributed by atoms with Crippen LogP contribution in [0.25, 0.3) is 0 Å². The van der Waals surface area contributed by atoms with Crippen LogP contribution in [0.1, 0.15) is 23.6 Å². The van der Waals surface area contributed by atoms with Gasteiger partial charge in [0.2, 0.25) is 0 Å². The first kappa shape index (κ1) is 24.5. The first-order valence-corrected chi connectivity index (χ1v) is 10.8. The Bertz CT molecular complexity index is 860. The van der Waals surface area contributed by atoms with E-state index in [0.29, 0.717) is 0 Å². The van der Waals surface area contributed by atoms with E-state index in [9.17, 15) is 0 Å². The molecule has 3 aromatic rings. The molecule has 7 nitrogen and oxygen atoms in total. The molecule has 0 fully saturated rings. The molecule has 0 heterocycles. The summed E-state index contributed by atoms with van der Waals surface area (Å²) >= 11 is 0. The first-order chi connectivity index (χ1) is 16.1. The molecule has 0 atom stereocenters. The molecule has 0 aliphatic carbocycles. The van der Waals surface area contributed by atoms with Crippen LogP contribution in [0.5, 0.6) is 17.2 Å². The highest BCUT2D eigenvalue weighted by atomic mass is 16.7. The molecule has 0 aliphatic rings. The molecule has 3 rings (SSSR count). The second-order valence-corrected chi connectivity index (χ2v) is 7.45.